The number of quaternary nitrogens is 1. The molecule has 4 rings (SSSR count). The Hall–Kier alpha value is -2.15. The minimum Gasteiger partial charge on any atom is -0.361 e. The predicted octanol–water partition coefficient (Wildman–Crippen LogP) is 1.57. The van der Waals surface area contributed by atoms with Gasteiger partial charge >= 0.3 is 0 Å². The van der Waals surface area contributed by atoms with Crippen LogP contribution >= 0.6 is 0 Å². The van der Waals surface area contributed by atoms with E-state index < -0.39 is 10.0 Å². The molecule has 1 aliphatic rings. The van der Waals surface area contributed by atoms with Crippen LogP contribution in [0.2, 0.25) is 0 Å². The molecular formula is C20H24N3O2S+. The van der Waals surface area contributed by atoms with Gasteiger partial charge < -0.3 is 9.88 Å². The second-order valence-electron chi connectivity index (χ2n) is 7.00. The maximum Gasteiger partial charge on any atom is 0.243 e. The quantitative estimate of drug-likeness (QED) is 0.732. The molecule has 136 valence electrons. The van der Waals surface area contributed by atoms with Crippen molar-refractivity contribution in [3.05, 3.63) is 65.9 Å². The summed E-state index contributed by atoms with van der Waals surface area (Å²) in [5.74, 6) is 0. The van der Waals surface area contributed by atoms with Gasteiger partial charge in [-0.25, -0.2) is 8.42 Å². The van der Waals surface area contributed by atoms with Crippen LogP contribution in [-0.2, 0) is 16.6 Å². The van der Waals surface area contributed by atoms with Crippen LogP contribution in [0, 0.1) is 6.92 Å². The van der Waals surface area contributed by atoms with Crippen molar-refractivity contribution in [2.75, 3.05) is 26.2 Å². The average molecular weight is 370 g/mol. The standard InChI is InChI=1S/C20H23N3O2S/c1-16-6-8-18(9-7-16)26(24,25)23-12-10-22(11-13-23)15-17-14-21-20-5-3-2-4-19(17)20/h2-9,14,21H,10-13,15H2,1H3/p+1. The molecule has 0 aliphatic carbocycles. The van der Waals surface area contributed by atoms with Gasteiger partial charge in [-0.3, -0.25) is 0 Å². The van der Waals surface area contributed by atoms with Gasteiger partial charge in [-0.2, -0.15) is 4.31 Å². The van der Waals surface area contributed by atoms with Gasteiger partial charge in [0.05, 0.1) is 31.1 Å². The number of piperazine rings is 1. The van der Waals surface area contributed by atoms with E-state index in [0.29, 0.717) is 18.0 Å². The minimum atomic E-state index is -3.39. The van der Waals surface area contributed by atoms with E-state index in [1.807, 2.05) is 25.1 Å². The topological polar surface area (TPSA) is 57.6 Å². The molecule has 6 heteroatoms. The number of benzene rings is 2. The first-order valence-electron chi connectivity index (χ1n) is 8.99. The Morgan fingerprint density at radius 1 is 1.04 bits per heavy atom. The molecule has 1 fully saturated rings. The first-order valence-corrected chi connectivity index (χ1v) is 10.4. The van der Waals surface area contributed by atoms with E-state index in [2.05, 4.69) is 29.4 Å². The van der Waals surface area contributed by atoms with Crippen molar-refractivity contribution in [2.24, 2.45) is 0 Å². The summed E-state index contributed by atoms with van der Waals surface area (Å²) in [7, 11) is -3.39. The van der Waals surface area contributed by atoms with E-state index in [-0.39, 0.29) is 0 Å². The lowest BCUT2D eigenvalue weighted by atomic mass is 10.1. The van der Waals surface area contributed by atoms with Gasteiger partial charge in [0.15, 0.2) is 0 Å². The molecule has 1 saturated heterocycles. The number of aromatic nitrogens is 1. The van der Waals surface area contributed by atoms with Gasteiger partial charge in [0.2, 0.25) is 10.0 Å². The van der Waals surface area contributed by atoms with Crippen LogP contribution in [0.25, 0.3) is 10.9 Å². The number of nitrogens with one attached hydrogen (secondary N) is 2. The van der Waals surface area contributed by atoms with Crippen LogP contribution in [0.3, 0.4) is 0 Å². The van der Waals surface area contributed by atoms with Crippen molar-refractivity contribution < 1.29 is 13.3 Å². The van der Waals surface area contributed by atoms with Crippen molar-refractivity contribution in [3.63, 3.8) is 0 Å². The molecule has 2 aromatic carbocycles. The third-order valence-corrected chi connectivity index (χ3v) is 7.12. The lowest BCUT2D eigenvalue weighted by molar-refractivity contribution is -0.917. The Balaban J connectivity index is 1.43. The van der Waals surface area contributed by atoms with Crippen LogP contribution in [0.5, 0.6) is 0 Å². The fraction of sp³-hybridized carbons (Fsp3) is 0.300. The van der Waals surface area contributed by atoms with Gasteiger partial charge in [-0.1, -0.05) is 35.9 Å². The van der Waals surface area contributed by atoms with Crippen LogP contribution in [0.1, 0.15) is 11.1 Å². The molecule has 0 atom stereocenters. The second kappa shape index (κ2) is 6.87. The van der Waals surface area contributed by atoms with E-state index >= 15 is 0 Å². The molecule has 0 amide bonds. The number of para-hydroxylation sites is 1. The number of aromatic amines is 1. The summed E-state index contributed by atoms with van der Waals surface area (Å²) in [6.45, 7) is 5.66. The first kappa shape index (κ1) is 17.3. The number of aryl methyl sites for hydroxylation is 1. The molecule has 1 aliphatic heterocycles. The Labute approximate surface area is 154 Å². The molecule has 0 spiro atoms. The van der Waals surface area contributed by atoms with Gasteiger partial charge in [0.1, 0.15) is 6.54 Å². The zero-order chi connectivity index (χ0) is 18.1. The highest BCUT2D eigenvalue weighted by molar-refractivity contribution is 7.89. The third-order valence-electron chi connectivity index (χ3n) is 5.20. The van der Waals surface area contributed by atoms with Crippen LogP contribution in [0.4, 0.5) is 0 Å². The highest BCUT2D eigenvalue weighted by Crippen LogP contribution is 2.18. The van der Waals surface area contributed by atoms with E-state index in [1.54, 1.807) is 16.4 Å². The zero-order valence-electron chi connectivity index (χ0n) is 14.9. The summed E-state index contributed by atoms with van der Waals surface area (Å²) in [6, 6.07) is 15.4. The van der Waals surface area contributed by atoms with Crippen molar-refractivity contribution in [3.8, 4) is 0 Å². The predicted molar refractivity (Wildman–Crippen MR) is 103 cm³/mol. The van der Waals surface area contributed by atoms with Crippen molar-refractivity contribution in [1.29, 1.82) is 0 Å². The first-order chi connectivity index (χ1) is 12.5. The van der Waals surface area contributed by atoms with Gasteiger partial charge in [-0.05, 0) is 25.1 Å². The largest absolute Gasteiger partial charge is 0.361 e. The summed E-state index contributed by atoms with van der Waals surface area (Å²) in [6.07, 6.45) is 2.08. The summed E-state index contributed by atoms with van der Waals surface area (Å²) in [5.41, 5.74) is 3.52. The molecule has 0 radical (unpaired) electrons. The lowest BCUT2D eigenvalue weighted by Gasteiger charge is -2.31. The maximum absolute atomic E-state index is 12.8. The summed E-state index contributed by atoms with van der Waals surface area (Å²) in [5, 5.41) is 1.26. The Morgan fingerprint density at radius 2 is 1.73 bits per heavy atom. The smallest absolute Gasteiger partial charge is 0.243 e. The molecular weight excluding hydrogens is 346 g/mol. The fourth-order valence-corrected chi connectivity index (χ4v) is 5.07. The number of H-pyrrole nitrogens is 1. The Bertz CT molecular complexity index is 1000. The number of hydrogen-bond acceptors (Lipinski definition) is 2. The third kappa shape index (κ3) is 3.28. The number of nitrogens with zero attached hydrogens (tertiary/aromatic N) is 1. The summed E-state index contributed by atoms with van der Waals surface area (Å²) in [4.78, 5) is 5.13. The van der Waals surface area contributed by atoms with E-state index in [9.17, 15) is 8.42 Å². The van der Waals surface area contributed by atoms with Crippen LogP contribution in [0.15, 0.2) is 59.6 Å². The SMILES string of the molecule is Cc1ccc(S(=O)(=O)N2CC[NH+](Cc3c[nH]c4ccccc34)CC2)cc1. The van der Waals surface area contributed by atoms with E-state index in [0.717, 1.165) is 30.7 Å². The number of sulfonamides is 1. The summed E-state index contributed by atoms with van der Waals surface area (Å²) < 4.78 is 27.2. The van der Waals surface area contributed by atoms with Crippen molar-refractivity contribution in [2.45, 2.75) is 18.4 Å². The zero-order valence-corrected chi connectivity index (χ0v) is 15.7. The minimum absolute atomic E-state index is 0.392. The average Bonchev–Trinajstić information content (AvgIpc) is 3.06. The highest BCUT2D eigenvalue weighted by Gasteiger charge is 2.30. The number of rotatable bonds is 4. The van der Waals surface area contributed by atoms with Crippen molar-refractivity contribution >= 4 is 20.9 Å². The Morgan fingerprint density at radius 3 is 2.46 bits per heavy atom. The van der Waals surface area contributed by atoms with Crippen molar-refractivity contribution in [1.82, 2.24) is 9.29 Å². The summed E-state index contributed by atoms with van der Waals surface area (Å²) >= 11 is 0. The normalized spacial score (nSPS) is 17.0. The molecule has 0 unspecified atom stereocenters. The number of fused-ring (bicyclic) bond motifs is 1. The molecule has 3 aromatic rings. The van der Waals surface area contributed by atoms with Gasteiger partial charge in [0, 0.05) is 22.7 Å². The highest BCUT2D eigenvalue weighted by atomic mass is 32.2. The van der Waals surface area contributed by atoms with E-state index in [4.69, 9.17) is 0 Å². The number of hydrogen-bond donors (Lipinski definition) is 2. The molecule has 2 heterocycles. The van der Waals surface area contributed by atoms with Gasteiger partial charge in [0.25, 0.3) is 0 Å². The molecule has 0 bridgehead atoms. The fourth-order valence-electron chi connectivity index (χ4n) is 3.63. The second-order valence-corrected chi connectivity index (χ2v) is 8.94. The van der Waals surface area contributed by atoms with Gasteiger partial charge in [-0.15, -0.1) is 0 Å². The van der Waals surface area contributed by atoms with Crippen LogP contribution in [-0.4, -0.2) is 43.9 Å². The van der Waals surface area contributed by atoms with E-state index in [1.165, 1.54) is 15.8 Å². The molecule has 5 nitrogen and oxygen atoms in total. The molecule has 1 aromatic heterocycles. The maximum atomic E-state index is 12.8. The molecule has 26 heavy (non-hydrogen) atoms. The monoisotopic (exact) mass is 370 g/mol. The molecule has 0 saturated carbocycles. The van der Waals surface area contributed by atoms with Crippen LogP contribution < -0.4 is 4.90 Å². The lowest BCUT2D eigenvalue weighted by Crippen LogP contribution is -3.13. The molecule has 2 N–H and O–H groups in total. The Kier molecular flexibility index (Phi) is 4.56.